The highest BCUT2D eigenvalue weighted by atomic mass is 16.8. The van der Waals surface area contributed by atoms with Crippen molar-refractivity contribution in [1.82, 2.24) is 0 Å². The molecule has 0 aromatic heterocycles. The number of esters is 1. The van der Waals surface area contributed by atoms with Crippen molar-refractivity contribution in [2.75, 3.05) is 19.8 Å². The average Bonchev–Trinajstić information content (AvgIpc) is 3.39. The van der Waals surface area contributed by atoms with E-state index < -0.39 is 80.6 Å². The highest BCUT2D eigenvalue weighted by Crippen LogP contribution is 2.38. The highest BCUT2D eigenvalue weighted by molar-refractivity contribution is 6.00. The summed E-state index contributed by atoms with van der Waals surface area (Å²) in [6, 6.07) is 16.6. The number of fused-ring (bicyclic) bond motifs is 1. The maximum atomic E-state index is 12.7. The normalized spacial score (nSPS) is 30.9. The molecule has 2 fully saturated rings. The van der Waals surface area contributed by atoms with Crippen LogP contribution in [0, 0.1) is 0 Å². The summed E-state index contributed by atoms with van der Waals surface area (Å²) < 4.78 is 33.9. The lowest BCUT2D eigenvalue weighted by Crippen LogP contribution is -2.62. The molecule has 0 saturated carbocycles. The van der Waals surface area contributed by atoms with E-state index in [9.17, 15) is 45.3 Å². The number of ketones is 1. The number of phenolic OH excluding ortho intramolecular Hbond substituents is 2. The molecule has 266 valence electrons. The van der Waals surface area contributed by atoms with E-state index in [0.717, 1.165) is 6.08 Å². The molecule has 2 saturated heterocycles. The monoisotopic (exact) mass is 696 g/mol. The van der Waals surface area contributed by atoms with Crippen LogP contribution in [0.4, 0.5) is 0 Å². The maximum absolute atomic E-state index is 12.7. The fourth-order valence-electron chi connectivity index (χ4n) is 5.74. The van der Waals surface area contributed by atoms with Crippen molar-refractivity contribution < 1.29 is 73.8 Å². The van der Waals surface area contributed by atoms with E-state index >= 15 is 0 Å². The molecule has 0 unspecified atom stereocenters. The number of benzene rings is 3. The standard InChI is InChI=1S/C35H36O15/c36-15-27-29(41)30(42)31(50-34-32(43)35(44,17-46-34)16-45-28(40)12-3-18-1-6-20(37)7-2-18)33(49-27)47-22-9-4-19(5-10-22)25-14-24(39)23-11-8-21(38)13-26(23)48-25/h1-13,25,27,29-34,36-38,41-44H,14-17H2/t25-,27+,29+,30-,31+,32-,33+,34-,35+/m0/s1. The highest BCUT2D eigenvalue weighted by Gasteiger charge is 2.54. The Labute approximate surface area is 285 Å². The lowest BCUT2D eigenvalue weighted by Gasteiger charge is -2.42. The first-order chi connectivity index (χ1) is 23.9. The zero-order chi connectivity index (χ0) is 35.6. The molecule has 15 nitrogen and oxygen atoms in total. The first-order valence-corrected chi connectivity index (χ1v) is 15.7. The third kappa shape index (κ3) is 7.60. The molecular formula is C35H36O15. The zero-order valence-electron chi connectivity index (χ0n) is 26.3. The van der Waals surface area contributed by atoms with Crippen molar-refractivity contribution in [3.05, 3.63) is 89.5 Å². The quantitative estimate of drug-likeness (QED) is 0.114. The first kappa shape index (κ1) is 35.3. The Balaban J connectivity index is 1.10. The molecule has 0 spiro atoms. The zero-order valence-corrected chi connectivity index (χ0v) is 26.3. The molecule has 3 aromatic carbocycles. The predicted octanol–water partition coefficient (Wildman–Crippen LogP) is 0.712. The maximum Gasteiger partial charge on any atom is 0.330 e. The number of rotatable bonds is 10. The van der Waals surface area contributed by atoms with Crippen LogP contribution in [0.2, 0.25) is 0 Å². The average molecular weight is 697 g/mol. The Kier molecular flexibility index (Phi) is 10.4. The van der Waals surface area contributed by atoms with Gasteiger partial charge in [-0.05, 0) is 53.6 Å². The number of ether oxygens (including phenoxy) is 6. The lowest BCUT2D eigenvalue weighted by atomic mass is 9.96. The SMILES string of the molecule is O=C(C=Cc1ccc(O)cc1)OC[C@@]1(O)CO[C@@H](O[C@H]2[C@H](Oc3ccc([C@@H]4CC(=O)c5ccc(O)cc5O4)cc3)O[C@H](CO)[C@@H](O)[C@@H]2O)[C@@H]1O. The van der Waals surface area contributed by atoms with Gasteiger partial charge in [-0.2, -0.15) is 0 Å². The summed E-state index contributed by atoms with van der Waals surface area (Å²) in [4.78, 5) is 24.9. The van der Waals surface area contributed by atoms with Crippen LogP contribution < -0.4 is 9.47 Å². The second-order valence-electron chi connectivity index (χ2n) is 12.2. The van der Waals surface area contributed by atoms with Crippen LogP contribution in [0.15, 0.2) is 72.8 Å². The molecule has 0 amide bonds. The van der Waals surface area contributed by atoms with Crippen LogP contribution in [-0.4, -0.2) is 116 Å². The van der Waals surface area contributed by atoms with Gasteiger partial charge in [0.2, 0.25) is 6.29 Å². The van der Waals surface area contributed by atoms with Crippen LogP contribution in [0.3, 0.4) is 0 Å². The summed E-state index contributed by atoms with van der Waals surface area (Å²) in [5.41, 5.74) is -0.508. The van der Waals surface area contributed by atoms with Gasteiger partial charge in [0, 0.05) is 12.1 Å². The van der Waals surface area contributed by atoms with E-state index in [1.54, 1.807) is 24.3 Å². The summed E-state index contributed by atoms with van der Waals surface area (Å²) in [6.07, 6.45) is -9.03. The topological polar surface area (TPSA) is 231 Å². The van der Waals surface area contributed by atoms with Gasteiger partial charge in [0.05, 0.1) is 25.2 Å². The molecule has 9 atom stereocenters. The number of aromatic hydroxyl groups is 2. The van der Waals surface area contributed by atoms with Gasteiger partial charge >= 0.3 is 5.97 Å². The van der Waals surface area contributed by atoms with Gasteiger partial charge < -0.3 is 64.2 Å². The smallest absolute Gasteiger partial charge is 0.330 e. The van der Waals surface area contributed by atoms with Gasteiger partial charge in [0.15, 0.2) is 23.8 Å². The van der Waals surface area contributed by atoms with Crippen molar-refractivity contribution in [3.63, 3.8) is 0 Å². The predicted molar refractivity (Wildman–Crippen MR) is 169 cm³/mol. The molecule has 0 bridgehead atoms. The van der Waals surface area contributed by atoms with E-state index in [-0.39, 0.29) is 35.2 Å². The Morgan fingerprint density at radius 2 is 1.66 bits per heavy atom. The summed E-state index contributed by atoms with van der Waals surface area (Å²) in [5.74, 6) is -0.515. The molecule has 7 N–H and O–H groups in total. The van der Waals surface area contributed by atoms with Crippen LogP contribution in [-0.2, 0) is 23.7 Å². The third-order valence-corrected chi connectivity index (χ3v) is 8.60. The van der Waals surface area contributed by atoms with Crippen molar-refractivity contribution in [2.45, 2.75) is 61.2 Å². The number of Topliss-reactive ketones (excluding diaryl/α,β-unsaturated/α-hetero) is 1. The Morgan fingerprint density at radius 1 is 0.940 bits per heavy atom. The number of hydrogen-bond donors (Lipinski definition) is 7. The van der Waals surface area contributed by atoms with E-state index in [1.165, 1.54) is 48.5 Å². The number of carbonyl (C=O) groups excluding carboxylic acids is 2. The molecule has 6 rings (SSSR count). The Hall–Kier alpha value is -4.58. The molecule has 15 heteroatoms. The van der Waals surface area contributed by atoms with Crippen LogP contribution in [0.5, 0.6) is 23.0 Å². The number of carbonyl (C=O) groups is 2. The molecule has 3 heterocycles. The number of phenols is 2. The fraction of sp³-hybridized carbons (Fsp3) is 0.371. The van der Waals surface area contributed by atoms with E-state index in [1.807, 2.05) is 0 Å². The van der Waals surface area contributed by atoms with Gasteiger partial charge in [-0.25, -0.2) is 4.79 Å². The van der Waals surface area contributed by atoms with E-state index in [2.05, 4.69) is 0 Å². The minimum atomic E-state index is -2.10. The van der Waals surface area contributed by atoms with Crippen molar-refractivity contribution in [1.29, 1.82) is 0 Å². The molecule has 0 radical (unpaired) electrons. The minimum absolute atomic E-state index is 0.0436. The molecule has 3 aromatic rings. The number of aliphatic hydroxyl groups is 5. The second kappa shape index (κ2) is 14.7. The molecule has 0 aliphatic carbocycles. The van der Waals surface area contributed by atoms with Crippen LogP contribution in [0.25, 0.3) is 6.08 Å². The van der Waals surface area contributed by atoms with Gasteiger partial charge in [-0.15, -0.1) is 0 Å². The van der Waals surface area contributed by atoms with E-state index in [4.69, 9.17) is 28.4 Å². The molecular weight excluding hydrogens is 660 g/mol. The lowest BCUT2D eigenvalue weighted by molar-refractivity contribution is -0.318. The van der Waals surface area contributed by atoms with E-state index in [0.29, 0.717) is 16.7 Å². The van der Waals surface area contributed by atoms with Crippen molar-refractivity contribution in [3.8, 4) is 23.0 Å². The third-order valence-electron chi connectivity index (χ3n) is 8.60. The van der Waals surface area contributed by atoms with Crippen LogP contribution >= 0.6 is 0 Å². The van der Waals surface area contributed by atoms with Crippen LogP contribution in [0.1, 0.15) is 34.0 Å². The Bertz CT molecular complexity index is 1690. The fourth-order valence-corrected chi connectivity index (χ4v) is 5.74. The first-order valence-electron chi connectivity index (χ1n) is 15.7. The van der Waals surface area contributed by atoms with Gasteiger partial charge in [0.25, 0.3) is 0 Å². The van der Waals surface area contributed by atoms with Crippen molar-refractivity contribution in [2.24, 2.45) is 0 Å². The molecule has 3 aliphatic rings. The summed E-state index contributed by atoms with van der Waals surface area (Å²) >= 11 is 0. The Morgan fingerprint density at radius 3 is 2.38 bits per heavy atom. The number of hydrogen-bond acceptors (Lipinski definition) is 15. The van der Waals surface area contributed by atoms with Gasteiger partial charge in [-0.1, -0.05) is 24.3 Å². The minimum Gasteiger partial charge on any atom is -0.508 e. The summed E-state index contributed by atoms with van der Waals surface area (Å²) in [5, 5.41) is 72.4. The number of aliphatic hydroxyl groups excluding tert-OH is 4. The second-order valence-corrected chi connectivity index (χ2v) is 12.2. The van der Waals surface area contributed by atoms with Crippen molar-refractivity contribution >= 4 is 17.8 Å². The summed E-state index contributed by atoms with van der Waals surface area (Å²) in [6.45, 7) is -1.88. The largest absolute Gasteiger partial charge is 0.508 e. The summed E-state index contributed by atoms with van der Waals surface area (Å²) in [7, 11) is 0. The van der Waals surface area contributed by atoms with Gasteiger partial charge in [0.1, 0.15) is 60.1 Å². The molecule has 3 aliphatic heterocycles. The molecule has 50 heavy (non-hydrogen) atoms. The van der Waals surface area contributed by atoms with Gasteiger partial charge in [-0.3, -0.25) is 4.79 Å².